The van der Waals surface area contributed by atoms with Gasteiger partial charge in [0.1, 0.15) is 5.82 Å². The molecule has 5 nitrogen and oxygen atoms in total. The summed E-state index contributed by atoms with van der Waals surface area (Å²) in [5.41, 5.74) is 1.41. The van der Waals surface area contributed by atoms with Crippen LogP contribution in [0.25, 0.3) is 10.9 Å². The van der Waals surface area contributed by atoms with Crippen LogP contribution in [-0.4, -0.2) is 21.0 Å². The van der Waals surface area contributed by atoms with E-state index in [0.29, 0.717) is 11.3 Å². The summed E-state index contributed by atoms with van der Waals surface area (Å²) in [6.07, 6.45) is 0. The summed E-state index contributed by atoms with van der Waals surface area (Å²) < 4.78 is 0.965. The van der Waals surface area contributed by atoms with Crippen molar-refractivity contribution in [2.75, 3.05) is 5.32 Å². The number of anilines is 2. The number of hydrogen-bond acceptors (Lipinski definition) is 4. The van der Waals surface area contributed by atoms with E-state index in [1.54, 1.807) is 6.07 Å². The van der Waals surface area contributed by atoms with E-state index in [-0.39, 0.29) is 5.82 Å². The topological polar surface area (TPSA) is 75.1 Å². The highest BCUT2D eigenvalue weighted by Crippen LogP contribution is 2.24. The molecule has 0 atom stereocenters. The van der Waals surface area contributed by atoms with E-state index in [2.05, 4.69) is 31.2 Å². The molecule has 2 N–H and O–H groups in total. The van der Waals surface area contributed by atoms with Gasteiger partial charge < -0.3 is 10.4 Å². The fourth-order valence-electron chi connectivity index (χ4n) is 1.94. The highest BCUT2D eigenvalue weighted by molar-refractivity contribution is 9.10. The Labute approximate surface area is 128 Å². The monoisotopic (exact) mass is 343 g/mol. The molecule has 0 aliphatic rings. The molecule has 21 heavy (non-hydrogen) atoms. The zero-order valence-electron chi connectivity index (χ0n) is 10.7. The van der Waals surface area contributed by atoms with Gasteiger partial charge in [-0.3, -0.25) is 0 Å². The SMILES string of the molecule is O=C(O)c1nc(Nc2ccc(Br)cc2)c2ccccc2n1. The van der Waals surface area contributed by atoms with Gasteiger partial charge in [-0.2, -0.15) is 0 Å². The predicted octanol–water partition coefficient (Wildman–Crippen LogP) is 3.83. The first kappa shape index (κ1) is 13.5. The number of carboxylic acid groups (broad SMARTS) is 1. The molecule has 0 aliphatic heterocycles. The first-order chi connectivity index (χ1) is 10.1. The maximum atomic E-state index is 11.1. The van der Waals surface area contributed by atoms with Crippen LogP contribution in [0.5, 0.6) is 0 Å². The Hall–Kier alpha value is -2.47. The van der Waals surface area contributed by atoms with Gasteiger partial charge in [0.05, 0.1) is 5.52 Å². The Morgan fingerprint density at radius 3 is 2.48 bits per heavy atom. The van der Waals surface area contributed by atoms with E-state index in [1.165, 1.54) is 0 Å². The van der Waals surface area contributed by atoms with Crippen molar-refractivity contribution < 1.29 is 9.90 Å². The largest absolute Gasteiger partial charge is 0.475 e. The van der Waals surface area contributed by atoms with E-state index in [0.717, 1.165) is 15.5 Å². The van der Waals surface area contributed by atoms with Crippen LogP contribution < -0.4 is 5.32 Å². The Balaban J connectivity index is 2.11. The van der Waals surface area contributed by atoms with Crippen LogP contribution in [0.1, 0.15) is 10.6 Å². The maximum absolute atomic E-state index is 11.1. The van der Waals surface area contributed by atoms with Gasteiger partial charge in [0.15, 0.2) is 0 Å². The number of hydrogen-bond donors (Lipinski definition) is 2. The quantitative estimate of drug-likeness (QED) is 0.755. The number of aromatic nitrogens is 2. The summed E-state index contributed by atoms with van der Waals surface area (Å²) in [4.78, 5) is 19.3. The van der Waals surface area contributed by atoms with Gasteiger partial charge in [0.2, 0.25) is 5.82 Å². The lowest BCUT2D eigenvalue weighted by Gasteiger charge is -2.09. The molecule has 0 amide bonds. The van der Waals surface area contributed by atoms with Crippen LogP contribution in [-0.2, 0) is 0 Å². The van der Waals surface area contributed by atoms with E-state index in [4.69, 9.17) is 5.11 Å². The van der Waals surface area contributed by atoms with Crippen LogP contribution in [0.2, 0.25) is 0 Å². The van der Waals surface area contributed by atoms with Crippen molar-refractivity contribution in [2.45, 2.75) is 0 Å². The summed E-state index contributed by atoms with van der Waals surface area (Å²) in [6, 6.07) is 14.8. The molecule has 0 spiro atoms. The van der Waals surface area contributed by atoms with Crippen LogP contribution in [0.4, 0.5) is 11.5 Å². The molecule has 6 heteroatoms. The van der Waals surface area contributed by atoms with Crippen molar-refractivity contribution in [2.24, 2.45) is 0 Å². The molecular formula is C15H10BrN3O2. The number of rotatable bonds is 3. The Bertz CT molecular complexity index is 819. The molecule has 2 aromatic carbocycles. The van der Waals surface area contributed by atoms with Gasteiger partial charge in [-0.1, -0.05) is 28.1 Å². The number of nitrogens with one attached hydrogen (secondary N) is 1. The third kappa shape index (κ3) is 2.85. The summed E-state index contributed by atoms with van der Waals surface area (Å²) in [5, 5.41) is 13.0. The number of fused-ring (bicyclic) bond motifs is 1. The van der Waals surface area contributed by atoms with E-state index < -0.39 is 5.97 Å². The van der Waals surface area contributed by atoms with Crippen LogP contribution in [0.15, 0.2) is 53.0 Å². The average Bonchev–Trinajstić information content (AvgIpc) is 2.49. The van der Waals surface area contributed by atoms with Gasteiger partial charge in [-0.15, -0.1) is 0 Å². The van der Waals surface area contributed by atoms with Crippen LogP contribution in [0, 0.1) is 0 Å². The summed E-state index contributed by atoms with van der Waals surface area (Å²) in [7, 11) is 0. The zero-order valence-corrected chi connectivity index (χ0v) is 12.3. The molecule has 0 saturated carbocycles. The molecule has 1 aromatic heterocycles. The number of carbonyl (C=O) groups is 1. The summed E-state index contributed by atoms with van der Waals surface area (Å²) in [6.45, 7) is 0. The minimum atomic E-state index is -1.15. The minimum absolute atomic E-state index is 0.228. The molecule has 104 valence electrons. The number of para-hydroxylation sites is 1. The first-order valence-electron chi connectivity index (χ1n) is 6.16. The fourth-order valence-corrected chi connectivity index (χ4v) is 2.20. The molecule has 1 heterocycles. The number of carboxylic acids is 1. The highest BCUT2D eigenvalue weighted by Gasteiger charge is 2.12. The third-order valence-corrected chi connectivity index (χ3v) is 3.43. The summed E-state index contributed by atoms with van der Waals surface area (Å²) in [5.74, 6) is -0.909. The molecular weight excluding hydrogens is 334 g/mol. The Morgan fingerprint density at radius 2 is 1.76 bits per heavy atom. The second-order valence-corrected chi connectivity index (χ2v) is 5.27. The Kier molecular flexibility index (Phi) is 3.53. The first-order valence-corrected chi connectivity index (χ1v) is 6.95. The van der Waals surface area contributed by atoms with Gasteiger partial charge in [0, 0.05) is 15.5 Å². The van der Waals surface area contributed by atoms with Crippen molar-refractivity contribution in [3.05, 3.63) is 58.8 Å². The molecule has 0 bridgehead atoms. The molecule has 0 fully saturated rings. The molecule has 3 aromatic rings. The lowest BCUT2D eigenvalue weighted by molar-refractivity contribution is 0.0684. The van der Waals surface area contributed by atoms with Gasteiger partial charge >= 0.3 is 5.97 Å². The second-order valence-electron chi connectivity index (χ2n) is 4.35. The number of nitrogens with zero attached hydrogens (tertiary/aromatic N) is 2. The molecule has 0 unspecified atom stereocenters. The summed E-state index contributed by atoms with van der Waals surface area (Å²) >= 11 is 3.37. The van der Waals surface area contributed by atoms with Gasteiger partial charge in [-0.25, -0.2) is 14.8 Å². The second kappa shape index (κ2) is 5.49. The van der Waals surface area contributed by atoms with E-state index in [9.17, 15) is 4.79 Å². The lowest BCUT2D eigenvalue weighted by atomic mass is 10.2. The number of aromatic carboxylic acids is 1. The van der Waals surface area contributed by atoms with Crippen molar-refractivity contribution in [3.8, 4) is 0 Å². The minimum Gasteiger partial charge on any atom is -0.475 e. The molecule has 0 saturated heterocycles. The lowest BCUT2D eigenvalue weighted by Crippen LogP contribution is -2.07. The molecule has 0 radical (unpaired) electrons. The number of halogens is 1. The van der Waals surface area contributed by atoms with Gasteiger partial charge in [-0.05, 0) is 36.4 Å². The van der Waals surface area contributed by atoms with Crippen molar-refractivity contribution >= 4 is 44.3 Å². The standard InChI is InChI=1S/C15H10BrN3O2/c16-9-5-7-10(8-6-9)17-13-11-3-1-2-4-12(11)18-14(19-13)15(20)21/h1-8H,(H,20,21)(H,17,18,19). The van der Waals surface area contributed by atoms with Crippen LogP contribution in [0.3, 0.4) is 0 Å². The average molecular weight is 344 g/mol. The van der Waals surface area contributed by atoms with Gasteiger partial charge in [0.25, 0.3) is 0 Å². The fraction of sp³-hybridized carbons (Fsp3) is 0. The zero-order chi connectivity index (χ0) is 14.8. The van der Waals surface area contributed by atoms with Crippen molar-refractivity contribution in [3.63, 3.8) is 0 Å². The predicted molar refractivity (Wildman–Crippen MR) is 83.9 cm³/mol. The molecule has 3 rings (SSSR count). The highest BCUT2D eigenvalue weighted by atomic mass is 79.9. The van der Waals surface area contributed by atoms with Crippen LogP contribution >= 0.6 is 15.9 Å². The molecule has 0 aliphatic carbocycles. The van der Waals surface area contributed by atoms with E-state index in [1.807, 2.05) is 42.5 Å². The smallest absolute Gasteiger partial charge is 0.374 e. The van der Waals surface area contributed by atoms with E-state index >= 15 is 0 Å². The number of benzene rings is 2. The van der Waals surface area contributed by atoms with Crippen molar-refractivity contribution in [1.29, 1.82) is 0 Å². The normalized spacial score (nSPS) is 10.5. The third-order valence-electron chi connectivity index (χ3n) is 2.90. The van der Waals surface area contributed by atoms with Crippen molar-refractivity contribution in [1.82, 2.24) is 9.97 Å². The Morgan fingerprint density at radius 1 is 1.05 bits per heavy atom. The maximum Gasteiger partial charge on any atom is 0.374 e.